The van der Waals surface area contributed by atoms with Crippen LogP contribution < -0.4 is 11.3 Å². The highest BCUT2D eigenvalue weighted by Crippen LogP contribution is 2.20. The molecule has 2 amide bonds. The lowest BCUT2D eigenvalue weighted by atomic mass is 10.1. The fourth-order valence-electron chi connectivity index (χ4n) is 1.75. The Kier molecular flexibility index (Phi) is 6.80. The number of nitrogens with two attached hydrogens (primary N) is 1. The number of carbonyl (C=O) groups is 2. The second kappa shape index (κ2) is 8.11. The van der Waals surface area contributed by atoms with Crippen LogP contribution in [0.1, 0.15) is 22.8 Å². The molecule has 0 heterocycles. The summed E-state index contributed by atoms with van der Waals surface area (Å²) in [7, 11) is 3.48. The van der Waals surface area contributed by atoms with Crippen LogP contribution >= 0.6 is 15.9 Å². The number of hydrogen-bond donors (Lipinski definition) is 2. The summed E-state index contributed by atoms with van der Waals surface area (Å²) in [5.74, 6) is 4.84. The van der Waals surface area contributed by atoms with Gasteiger partial charge in [-0.2, -0.15) is 0 Å². The van der Waals surface area contributed by atoms with Gasteiger partial charge in [-0.05, 0) is 24.2 Å². The molecule has 0 aromatic heterocycles. The first-order valence-corrected chi connectivity index (χ1v) is 7.40. The van der Waals surface area contributed by atoms with E-state index in [1.54, 1.807) is 31.1 Å². The minimum Gasteiger partial charge on any atom is -0.348 e. The average Bonchev–Trinajstić information content (AvgIpc) is 2.47. The van der Waals surface area contributed by atoms with Gasteiger partial charge >= 0.3 is 0 Å². The summed E-state index contributed by atoms with van der Waals surface area (Å²) in [6.07, 6.45) is 0. The monoisotopic (exact) mass is 356 g/mol. The number of hydrogen-bond acceptors (Lipinski definition) is 4. The first-order chi connectivity index (χ1) is 9.88. The number of nitrogens with one attached hydrogen (secondary N) is 1. The fraction of sp³-hybridized carbons (Fsp3) is 0.429. The molecule has 1 aromatic carbocycles. The molecule has 0 atom stereocenters. The van der Waals surface area contributed by atoms with Crippen molar-refractivity contribution in [2.75, 3.05) is 27.2 Å². The molecule has 0 aliphatic heterocycles. The lowest BCUT2D eigenvalue weighted by Crippen LogP contribution is -2.36. The van der Waals surface area contributed by atoms with Crippen LogP contribution in [0.25, 0.3) is 0 Å². The molecule has 0 aliphatic rings. The molecule has 0 aliphatic carbocycles. The molecule has 0 saturated carbocycles. The van der Waals surface area contributed by atoms with Gasteiger partial charge in [-0.3, -0.25) is 19.9 Å². The number of likely N-dealkylation sites (N-methyl/N-ethyl adjacent to an activating group) is 2. The Hall–Kier alpha value is -1.44. The maximum atomic E-state index is 11.8. The molecule has 1 aromatic rings. The Morgan fingerprint density at radius 3 is 2.48 bits per heavy atom. The average molecular weight is 357 g/mol. The number of amides is 2. The normalized spacial score (nSPS) is 10.6. The molecule has 0 unspecified atom stereocenters. The van der Waals surface area contributed by atoms with Gasteiger partial charge in [0.1, 0.15) is 0 Å². The van der Waals surface area contributed by atoms with Crippen molar-refractivity contribution in [3.05, 3.63) is 33.8 Å². The summed E-state index contributed by atoms with van der Waals surface area (Å²) in [6, 6.07) is 5.29. The van der Waals surface area contributed by atoms with Gasteiger partial charge in [-0.1, -0.05) is 28.9 Å². The standard InChI is InChI=1S/C14H21BrN4O2/c1-4-19(9-13(20)18(2)3)8-11-6-5-10(7-12(11)15)14(21)17-16/h5-7H,4,8-9,16H2,1-3H3,(H,17,21). The quantitative estimate of drug-likeness (QED) is 0.452. The zero-order chi connectivity index (χ0) is 16.0. The van der Waals surface area contributed by atoms with E-state index in [2.05, 4.69) is 21.4 Å². The number of hydrazine groups is 1. The van der Waals surface area contributed by atoms with Gasteiger partial charge in [-0.25, -0.2) is 5.84 Å². The highest BCUT2D eigenvalue weighted by Gasteiger charge is 2.13. The molecule has 3 N–H and O–H groups in total. The van der Waals surface area contributed by atoms with E-state index in [1.807, 2.05) is 17.9 Å². The van der Waals surface area contributed by atoms with E-state index in [0.29, 0.717) is 18.7 Å². The molecule has 1 rings (SSSR count). The molecule has 0 saturated heterocycles. The van der Waals surface area contributed by atoms with Crippen molar-refractivity contribution in [2.45, 2.75) is 13.5 Å². The Balaban J connectivity index is 2.81. The van der Waals surface area contributed by atoms with Gasteiger partial charge in [0.25, 0.3) is 5.91 Å². The van der Waals surface area contributed by atoms with E-state index in [1.165, 1.54) is 0 Å². The molecule has 0 radical (unpaired) electrons. The van der Waals surface area contributed by atoms with Gasteiger partial charge in [0.2, 0.25) is 5.91 Å². The van der Waals surface area contributed by atoms with Crippen LogP contribution in [-0.4, -0.2) is 48.8 Å². The van der Waals surface area contributed by atoms with E-state index in [4.69, 9.17) is 5.84 Å². The third-order valence-electron chi connectivity index (χ3n) is 3.15. The van der Waals surface area contributed by atoms with E-state index in [9.17, 15) is 9.59 Å². The largest absolute Gasteiger partial charge is 0.348 e. The lowest BCUT2D eigenvalue weighted by Gasteiger charge is -2.22. The van der Waals surface area contributed by atoms with Crippen molar-refractivity contribution in [2.24, 2.45) is 5.84 Å². The van der Waals surface area contributed by atoms with Crippen molar-refractivity contribution in [1.82, 2.24) is 15.2 Å². The summed E-state index contributed by atoms with van der Waals surface area (Å²) in [5, 5.41) is 0. The van der Waals surface area contributed by atoms with Crippen LogP contribution in [0.15, 0.2) is 22.7 Å². The van der Waals surface area contributed by atoms with Crippen molar-refractivity contribution in [3.8, 4) is 0 Å². The van der Waals surface area contributed by atoms with E-state index in [-0.39, 0.29) is 11.8 Å². The smallest absolute Gasteiger partial charge is 0.265 e. The van der Waals surface area contributed by atoms with Crippen LogP contribution in [0.2, 0.25) is 0 Å². The van der Waals surface area contributed by atoms with Crippen molar-refractivity contribution in [3.63, 3.8) is 0 Å². The number of halogens is 1. The maximum absolute atomic E-state index is 11.8. The summed E-state index contributed by atoms with van der Waals surface area (Å²) in [4.78, 5) is 26.8. The van der Waals surface area contributed by atoms with Crippen LogP contribution in [0.5, 0.6) is 0 Å². The van der Waals surface area contributed by atoms with Gasteiger partial charge < -0.3 is 4.90 Å². The van der Waals surface area contributed by atoms with Crippen LogP contribution in [0.4, 0.5) is 0 Å². The highest BCUT2D eigenvalue weighted by atomic mass is 79.9. The molecular weight excluding hydrogens is 336 g/mol. The second-order valence-electron chi connectivity index (χ2n) is 4.87. The number of benzene rings is 1. The summed E-state index contributed by atoms with van der Waals surface area (Å²) >= 11 is 3.45. The van der Waals surface area contributed by atoms with Gasteiger partial charge in [0.15, 0.2) is 0 Å². The van der Waals surface area contributed by atoms with Gasteiger partial charge in [0.05, 0.1) is 6.54 Å². The Morgan fingerprint density at radius 1 is 1.33 bits per heavy atom. The summed E-state index contributed by atoms with van der Waals surface area (Å²) in [6.45, 7) is 3.76. The SMILES string of the molecule is CCN(CC(=O)N(C)C)Cc1ccc(C(=O)NN)cc1Br. The molecule has 0 fully saturated rings. The van der Waals surface area contributed by atoms with Crippen LogP contribution in [-0.2, 0) is 11.3 Å². The first-order valence-electron chi connectivity index (χ1n) is 6.60. The van der Waals surface area contributed by atoms with Gasteiger partial charge in [0, 0.05) is 30.7 Å². The molecule has 116 valence electrons. The zero-order valence-electron chi connectivity index (χ0n) is 12.5. The van der Waals surface area contributed by atoms with Crippen LogP contribution in [0.3, 0.4) is 0 Å². The first kappa shape index (κ1) is 17.6. The minimum atomic E-state index is -0.336. The van der Waals surface area contributed by atoms with E-state index < -0.39 is 0 Å². The predicted molar refractivity (Wildman–Crippen MR) is 85.4 cm³/mol. The van der Waals surface area contributed by atoms with Crippen LogP contribution in [0, 0.1) is 0 Å². The molecule has 0 bridgehead atoms. The Morgan fingerprint density at radius 2 is 2.00 bits per heavy atom. The maximum Gasteiger partial charge on any atom is 0.265 e. The number of carbonyl (C=O) groups excluding carboxylic acids is 2. The number of rotatable bonds is 6. The summed E-state index contributed by atoms with van der Waals surface area (Å²) in [5.41, 5.74) is 3.60. The topological polar surface area (TPSA) is 78.7 Å². The van der Waals surface area contributed by atoms with Crippen molar-refractivity contribution in [1.29, 1.82) is 0 Å². The van der Waals surface area contributed by atoms with Gasteiger partial charge in [-0.15, -0.1) is 0 Å². The molecule has 0 spiro atoms. The number of nitrogens with zero attached hydrogens (tertiary/aromatic N) is 2. The number of nitrogen functional groups attached to an aromatic ring is 1. The van der Waals surface area contributed by atoms with Crippen molar-refractivity contribution < 1.29 is 9.59 Å². The fourth-order valence-corrected chi connectivity index (χ4v) is 2.26. The summed E-state index contributed by atoms with van der Waals surface area (Å²) < 4.78 is 0.819. The third-order valence-corrected chi connectivity index (χ3v) is 3.88. The molecular formula is C14H21BrN4O2. The predicted octanol–water partition coefficient (Wildman–Crippen LogP) is 0.963. The second-order valence-corrected chi connectivity index (χ2v) is 5.73. The Labute approximate surface area is 133 Å². The molecule has 7 heteroatoms. The highest BCUT2D eigenvalue weighted by molar-refractivity contribution is 9.10. The van der Waals surface area contributed by atoms with E-state index >= 15 is 0 Å². The minimum absolute atomic E-state index is 0.0621. The molecule has 21 heavy (non-hydrogen) atoms. The lowest BCUT2D eigenvalue weighted by molar-refractivity contribution is -0.130. The van der Waals surface area contributed by atoms with E-state index in [0.717, 1.165) is 16.6 Å². The zero-order valence-corrected chi connectivity index (χ0v) is 14.1. The van der Waals surface area contributed by atoms with Crippen molar-refractivity contribution >= 4 is 27.7 Å². The third kappa shape index (κ3) is 5.11. The Bertz CT molecular complexity index is 520. The molecule has 6 nitrogen and oxygen atoms in total.